The van der Waals surface area contributed by atoms with Gasteiger partial charge < -0.3 is 5.32 Å². The van der Waals surface area contributed by atoms with Gasteiger partial charge in [-0.25, -0.2) is 8.78 Å². The third-order valence-corrected chi connectivity index (χ3v) is 3.55. The second-order valence-corrected chi connectivity index (χ2v) is 6.38. The molecule has 0 saturated heterocycles. The lowest BCUT2D eigenvalue weighted by molar-refractivity contribution is 0.590. The van der Waals surface area contributed by atoms with Crippen molar-refractivity contribution in [3.8, 4) is 0 Å². The molecule has 3 heteroatoms. The molecule has 0 fully saturated rings. The van der Waals surface area contributed by atoms with Crippen LogP contribution in [0.5, 0.6) is 0 Å². The minimum Gasteiger partial charge on any atom is -0.379 e. The Morgan fingerprint density at radius 2 is 1.57 bits per heavy atom. The summed E-state index contributed by atoms with van der Waals surface area (Å²) in [5.74, 6) is -0.831. The Kier molecular flexibility index (Phi) is 4.31. The van der Waals surface area contributed by atoms with Crippen molar-refractivity contribution in [1.82, 2.24) is 0 Å². The lowest BCUT2D eigenvalue weighted by Gasteiger charge is -2.19. The van der Waals surface area contributed by atoms with E-state index >= 15 is 0 Å². The number of hydrogen-bond acceptors (Lipinski definition) is 1. The van der Waals surface area contributed by atoms with Crippen LogP contribution in [0.2, 0.25) is 0 Å². The van der Waals surface area contributed by atoms with Gasteiger partial charge >= 0.3 is 0 Å². The topological polar surface area (TPSA) is 12.0 Å². The predicted molar refractivity (Wildman–Crippen MR) is 83.6 cm³/mol. The van der Waals surface area contributed by atoms with Crippen LogP contribution in [0.4, 0.5) is 14.5 Å². The highest BCUT2D eigenvalue weighted by Gasteiger charge is 2.13. The molecule has 2 aromatic rings. The maximum atomic E-state index is 13.7. The molecule has 0 saturated carbocycles. The fraction of sp³-hybridized carbons (Fsp3) is 0.333. The number of aryl methyl sites for hydroxylation is 1. The van der Waals surface area contributed by atoms with Crippen LogP contribution in [0, 0.1) is 18.6 Å². The summed E-state index contributed by atoms with van der Waals surface area (Å²) in [6.07, 6.45) is 0. The zero-order chi connectivity index (χ0) is 15.6. The van der Waals surface area contributed by atoms with Crippen LogP contribution >= 0.6 is 0 Å². The first-order valence-electron chi connectivity index (χ1n) is 7.06. The van der Waals surface area contributed by atoms with Crippen LogP contribution in [0.1, 0.15) is 37.5 Å². The van der Waals surface area contributed by atoms with Crippen LogP contribution in [-0.2, 0) is 12.0 Å². The molecule has 2 aromatic carbocycles. The minimum atomic E-state index is -0.430. The van der Waals surface area contributed by atoms with Gasteiger partial charge in [0.15, 0.2) is 0 Å². The van der Waals surface area contributed by atoms with Gasteiger partial charge in [-0.3, -0.25) is 0 Å². The van der Waals surface area contributed by atoms with Crippen molar-refractivity contribution < 1.29 is 8.78 Å². The molecular formula is C18H21F2N. The highest BCUT2D eigenvalue weighted by Crippen LogP contribution is 2.23. The predicted octanol–water partition coefficient (Wildman–Crippen LogP) is 5.18. The number of hydrogen-bond donors (Lipinski definition) is 1. The molecule has 0 unspecified atom stereocenters. The van der Waals surface area contributed by atoms with Gasteiger partial charge in [0.1, 0.15) is 11.6 Å². The molecule has 21 heavy (non-hydrogen) atoms. The number of nitrogens with one attached hydrogen (secondary N) is 1. The zero-order valence-corrected chi connectivity index (χ0v) is 12.9. The van der Waals surface area contributed by atoms with E-state index in [0.717, 1.165) is 5.56 Å². The van der Waals surface area contributed by atoms with E-state index in [2.05, 4.69) is 38.2 Å². The van der Waals surface area contributed by atoms with Gasteiger partial charge in [0, 0.05) is 12.6 Å². The number of halogens is 2. The number of benzene rings is 2. The van der Waals surface area contributed by atoms with Crippen molar-refractivity contribution in [2.24, 2.45) is 0 Å². The van der Waals surface area contributed by atoms with E-state index in [1.165, 1.54) is 17.7 Å². The van der Waals surface area contributed by atoms with Crippen LogP contribution in [0.3, 0.4) is 0 Å². The lowest BCUT2D eigenvalue weighted by Crippen LogP contribution is -2.11. The van der Waals surface area contributed by atoms with Gasteiger partial charge in [-0.15, -0.1) is 0 Å². The largest absolute Gasteiger partial charge is 0.379 e. The highest BCUT2D eigenvalue weighted by molar-refractivity contribution is 5.47. The summed E-state index contributed by atoms with van der Waals surface area (Å²) in [5.41, 5.74) is 2.89. The second kappa shape index (κ2) is 5.84. The Labute approximate surface area is 125 Å². The molecule has 0 atom stereocenters. The SMILES string of the molecule is Cc1cc(F)c(NCc2ccc(C(C)(C)C)cc2)cc1F. The average Bonchev–Trinajstić information content (AvgIpc) is 2.41. The molecule has 0 heterocycles. The molecule has 1 nitrogen and oxygen atoms in total. The normalized spacial score (nSPS) is 11.5. The van der Waals surface area contributed by atoms with Crippen molar-refractivity contribution in [3.05, 3.63) is 64.7 Å². The van der Waals surface area contributed by atoms with E-state index in [0.29, 0.717) is 12.1 Å². The summed E-state index contributed by atoms with van der Waals surface area (Å²) in [6, 6.07) is 10.6. The third kappa shape index (κ3) is 3.81. The molecule has 0 bridgehead atoms. The van der Waals surface area contributed by atoms with Gasteiger partial charge in [0.25, 0.3) is 0 Å². The summed E-state index contributed by atoms with van der Waals surface area (Å²) in [7, 11) is 0. The Bertz CT molecular complexity index is 625. The zero-order valence-electron chi connectivity index (χ0n) is 12.9. The first-order valence-corrected chi connectivity index (χ1v) is 7.06. The first kappa shape index (κ1) is 15.5. The molecule has 0 amide bonds. The average molecular weight is 289 g/mol. The lowest BCUT2D eigenvalue weighted by atomic mass is 9.87. The maximum absolute atomic E-state index is 13.7. The molecule has 0 aromatic heterocycles. The quantitative estimate of drug-likeness (QED) is 0.820. The molecule has 0 aliphatic heterocycles. The first-order chi connectivity index (χ1) is 9.77. The van der Waals surface area contributed by atoms with Gasteiger partial charge in [-0.05, 0) is 35.1 Å². The van der Waals surface area contributed by atoms with Crippen molar-refractivity contribution in [1.29, 1.82) is 0 Å². The number of anilines is 1. The molecule has 0 spiro atoms. The van der Waals surface area contributed by atoms with Crippen molar-refractivity contribution >= 4 is 5.69 Å². The van der Waals surface area contributed by atoms with Crippen LogP contribution < -0.4 is 5.32 Å². The molecule has 0 aliphatic rings. The van der Waals surface area contributed by atoms with E-state index in [1.54, 1.807) is 6.92 Å². The molecule has 1 N–H and O–H groups in total. The number of rotatable bonds is 3. The monoisotopic (exact) mass is 289 g/mol. The van der Waals surface area contributed by atoms with Gasteiger partial charge in [0.2, 0.25) is 0 Å². The van der Waals surface area contributed by atoms with Crippen molar-refractivity contribution in [3.63, 3.8) is 0 Å². The standard InChI is InChI=1S/C18H21F2N/c1-12-9-16(20)17(10-15(12)19)21-11-13-5-7-14(8-6-13)18(2,3)4/h5-10,21H,11H2,1-4H3. The summed E-state index contributed by atoms with van der Waals surface area (Å²) in [6.45, 7) is 8.48. The smallest absolute Gasteiger partial charge is 0.146 e. The third-order valence-electron chi connectivity index (χ3n) is 3.55. The fourth-order valence-electron chi connectivity index (χ4n) is 2.10. The minimum absolute atomic E-state index is 0.109. The molecule has 112 valence electrons. The summed E-state index contributed by atoms with van der Waals surface area (Å²) < 4.78 is 27.2. The summed E-state index contributed by atoms with van der Waals surface area (Å²) >= 11 is 0. The molecule has 2 rings (SSSR count). The van der Waals surface area contributed by atoms with E-state index in [1.807, 2.05) is 12.1 Å². The fourth-order valence-corrected chi connectivity index (χ4v) is 2.10. The van der Waals surface area contributed by atoms with E-state index < -0.39 is 11.6 Å². The Morgan fingerprint density at radius 1 is 0.952 bits per heavy atom. The van der Waals surface area contributed by atoms with Crippen molar-refractivity contribution in [2.75, 3.05) is 5.32 Å². The van der Waals surface area contributed by atoms with E-state index in [9.17, 15) is 8.78 Å². The van der Waals surface area contributed by atoms with E-state index in [-0.39, 0.29) is 11.1 Å². The molecule has 0 radical (unpaired) electrons. The van der Waals surface area contributed by atoms with Crippen LogP contribution in [-0.4, -0.2) is 0 Å². The maximum Gasteiger partial charge on any atom is 0.146 e. The van der Waals surface area contributed by atoms with Crippen LogP contribution in [0.25, 0.3) is 0 Å². The molecular weight excluding hydrogens is 268 g/mol. The van der Waals surface area contributed by atoms with Gasteiger partial charge in [-0.2, -0.15) is 0 Å². The molecule has 0 aliphatic carbocycles. The Balaban J connectivity index is 2.08. The Morgan fingerprint density at radius 3 is 2.14 bits per heavy atom. The second-order valence-electron chi connectivity index (χ2n) is 6.38. The van der Waals surface area contributed by atoms with E-state index in [4.69, 9.17) is 0 Å². The highest BCUT2D eigenvalue weighted by atomic mass is 19.1. The summed E-state index contributed by atoms with van der Waals surface area (Å²) in [4.78, 5) is 0. The van der Waals surface area contributed by atoms with Gasteiger partial charge in [0.05, 0.1) is 5.69 Å². The van der Waals surface area contributed by atoms with Crippen molar-refractivity contribution in [2.45, 2.75) is 39.7 Å². The summed E-state index contributed by atoms with van der Waals surface area (Å²) in [5, 5.41) is 2.94. The van der Waals surface area contributed by atoms with Gasteiger partial charge in [-0.1, -0.05) is 45.0 Å². The Hall–Kier alpha value is -1.90. The van der Waals surface area contributed by atoms with Crippen LogP contribution in [0.15, 0.2) is 36.4 Å².